The van der Waals surface area contributed by atoms with Gasteiger partial charge < -0.3 is 9.64 Å². The summed E-state index contributed by atoms with van der Waals surface area (Å²) in [5.41, 5.74) is 2.54. The molecule has 0 radical (unpaired) electrons. The molecule has 0 unspecified atom stereocenters. The first-order valence-electron chi connectivity index (χ1n) is 11.2. The molecule has 10 nitrogen and oxygen atoms in total. The second-order valence-electron chi connectivity index (χ2n) is 8.38. The number of pyridine rings is 2. The third kappa shape index (κ3) is 5.38. The predicted molar refractivity (Wildman–Crippen MR) is 134 cm³/mol. The minimum atomic E-state index is -4.70. The first kappa shape index (κ1) is 26.4. The van der Waals surface area contributed by atoms with Crippen molar-refractivity contribution in [3.63, 3.8) is 0 Å². The Morgan fingerprint density at radius 2 is 1.79 bits per heavy atom. The summed E-state index contributed by atoms with van der Waals surface area (Å²) in [5, 5.41) is 3.32. The third-order valence-electron chi connectivity index (χ3n) is 5.74. The molecule has 0 saturated heterocycles. The fourth-order valence-corrected chi connectivity index (χ4v) is 5.06. The topological polar surface area (TPSA) is 123 Å². The molecule has 0 fully saturated rings. The van der Waals surface area contributed by atoms with Gasteiger partial charge in [-0.05, 0) is 19.1 Å². The maximum absolute atomic E-state index is 13.3. The molecule has 2 amide bonds. The molecule has 15 heteroatoms. The number of anilines is 1. The predicted octanol–water partition coefficient (Wildman–Crippen LogP) is 4.79. The van der Waals surface area contributed by atoms with Crippen LogP contribution in [0.1, 0.15) is 42.8 Å². The number of halogens is 4. The van der Waals surface area contributed by atoms with E-state index in [9.17, 15) is 22.8 Å². The van der Waals surface area contributed by atoms with E-state index >= 15 is 0 Å². The van der Waals surface area contributed by atoms with E-state index in [2.05, 4.69) is 30.2 Å². The van der Waals surface area contributed by atoms with E-state index in [1.807, 2.05) is 0 Å². The summed E-state index contributed by atoms with van der Waals surface area (Å²) < 4.78 is 43.5. The lowest BCUT2D eigenvalue weighted by atomic mass is 10.0. The molecular weight excluding hydrogens is 559 g/mol. The van der Waals surface area contributed by atoms with E-state index in [0.717, 1.165) is 17.3 Å². The van der Waals surface area contributed by atoms with Gasteiger partial charge in [-0.15, -0.1) is 0 Å². The number of aromatic nitrogens is 5. The molecule has 0 atom stereocenters. The second-order valence-corrected chi connectivity index (χ2v) is 9.85. The van der Waals surface area contributed by atoms with Crippen LogP contribution < -0.4 is 10.1 Å². The van der Waals surface area contributed by atoms with Crippen molar-refractivity contribution in [1.29, 1.82) is 0 Å². The number of rotatable bonds is 5. The zero-order chi connectivity index (χ0) is 27.9. The van der Waals surface area contributed by atoms with Crippen LogP contribution in [0.2, 0.25) is 5.15 Å². The Kier molecular flexibility index (Phi) is 6.91. The summed E-state index contributed by atoms with van der Waals surface area (Å²) in [4.78, 5) is 47.3. The number of thiazole rings is 1. The van der Waals surface area contributed by atoms with Crippen molar-refractivity contribution in [3.05, 3.63) is 75.3 Å². The van der Waals surface area contributed by atoms with Crippen LogP contribution in [0.15, 0.2) is 36.9 Å². The molecule has 0 aromatic carbocycles. The molecule has 1 N–H and O–H groups in total. The smallest absolute Gasteiger partial charge is 0.451 e. The summed E-state index contributed by atoms with van der Waals surface area (Å²) in [6, 6.07) is 3.33. The molecular formula is C24H17ClF3N7O3S. The number of aryl methyl sites for hydroxylation is 1. The van der Waals surface area contributed by atoms with E-state index in [1.54, 1.807) is 19.1 Å². The average molecular weight is 576 g/mol. The summed E-state index contributed by atoms with van der Waals surface area (Å²) in [6.45, 7) is 2.08. The maximum atomic E-state index is 13.3. The zero-order valence-electron chi connectivity index (χ0n) is 20.2. The summed E-state index contributed by atoms with van der Waals surface area (Å²) in [5.74, 6) is -1.89. The van der Waals surface area contributed by atoms with Crippen LogP contribution in [0.4, 0.5) is 18.3 Å². The molecule has 1 aliphatic rings. The Hall–Kier alpha value is -4.17. The fraction of sp³-hybridized carbons (Fsp3) is 0.208. The number of methoxy groups -OCH3 is 1. The average Bonchev–Trinajstić information content (AvgIpc) is 3.46. The molecule has 0 aliphatic carbocycles. The number of fused-ring (bicyclic) bond motifs is 1. The van der Waals surface area contributed by atoms with Crippen molar-refractivity contribution in [2.75, 3.05) is 12.4 Å². The van der Waals surface area contributed by atoms with Crippen molar-refractivity contribution in [2.24, 2.45) is 0 Å². The quantitative estimate of drug-likeness (QED) is 0.337. The minimum Gasteiger partial charge on any atom is -0.494 e. The van der Waals surface area contributed by atoms with Crippen LogP contribution >= 0.6 is 22.9 Å². The lowest BCUT2D eigenvalue weighted by molar-refractivity contribution is -0.145. The molecule has 0 bridgehead atoms. The van der Waals surface area contributed by atoms with Crippen molar-refractivity contribution >= 4 is 39.9 Å². The monoisotopic (exact) mass is 575 g/mol. The number of ether oxygens (including phenoxy) is 1. The molecule has 0 saturated carbocycles. The minimum absolute atomic E-state index is 0.0716. The van der Waals surface area contributed by atoms with Crippen molar-refractivity contribution in [3.8, 4) is 16.9 Å². The standard InChI is InChI=1S/C24H17ClF3N7O3S/c1-11-3-13(14-4-19(25)30-8-17(14)38-2)15(7-29-11)20(36)34-23-33-16-9-35(10-18(16)39-23)21(37)12-5-31-22(32-6-12)24(26,27)28/h3-8H,9-10H2,1-2H3,(H,33,34,36). The number of hydrogen-bond donors (Lipinski definition) is 1. The van der Waals surface area contributed by atoms with Gasteiger partial charge in [-0.3, -0.25) is 19.9 Å². The SMILES string of the molecule is COc1cnc(Cl)cc1-c1cc(C)ncc1C(=O)Nc1nc2c(s1)CN(C(=O)c1cnc(C(F)(F)F)nc1)C2. The summed E-state index contributed by atoms with van der Waals surface area (Å²) in [6.07, 6.45) is -0.0907. The highest BCUT2D eigenvalue weighted by Crippen LogP contribution is 2.36. The third-order valence-corrected chi connectivity index (χ3v) is 6.95. The lowest BCUT2D eigenvalue weighted by Gasteiger charge is -2.15. The number of carbonyl (C=O) groups is 2. The van der Waals surface area contributed by atoms with E-state index in [0.29, 0.717) is 33.4 Å². The van der Waals surface area contributed by atoms with Gasteiger partial charge in [0, 0.05) is 35.4 Å². The normalized spacial score (nSPS) is 12.8. The first-order chi connectivity index (χ1) is 18.5. The number of hydrogen-bond acceptors (Lipinski definition) is 9. The Morgan fingerprint density at radius 3 is 2.46 bits per heavy atom. The molecule has 4 aromatic heterocycles. The Morgan fingerprint density at radius 1 is 1.05 bits per heavy atom. The Balaban J connectivity index is 1.32. The van der Waals surface area contributed by atoms with Gasteiger partial charge in [0.2, 0.25) is 5.82 Å². The van der Waals surface area contributed by atoms with Crippen LogP contribution in [0, 0.1) is 6.92 Å². The highest BCUT2D eigenvalue weighted by Gasteiger charge is 2.35. The van der Waals surface area contributed by atoms with Gasteiger partial charge in [0.05, 0.1) is 48.1 Å². The molecule has 1 aliphatic heterocycles. The van der Waals surface area contributed by atoms with Crippen molar-refractivity contribution < 1.29 is 27.5 Å². The molecule has 5 rings (SSSR count). The van der Waals surface area contributed by atoms with Gasteiger partial charge in [-0.1, -0.05) is 22.9 Å². The molecule has 5 heterocycles. The van der Waals surface area contributed by atoms with Crippen molar-refractivity contribution in [1.82, 2.24) is 29.8 Å². The second kappa shape index (κ2) is 10.2. The fourth-order valence-electron chi connectivity index (χ4n) is 3.92. The van der Waals surface area contributed by atoms with Crippen LogP contribution in [0.5, 0.6) is 5.75 Å². The van der Waals surface area contributed by atoms with Gasteiger partial charge in [-0.2, -0.15) is 13.2 Å². The maximum Gasteiger partial charge on any atom is 0.451 e. The molecule has 39 heavy (non-hydrogen) atoms. The van der Waals surface area contributed by atoms with Gasteiger partial charge in [0.1, 0.15) is 10.9 Å². The zero-order valence-corrected chi connectivity index (χ0v) is 21.8. The van der Waals surface area contributed by atoms with Crippen LogP contribution in [0.25, 0.3) is 11.1 Å². The summed E-state index contributed by atoms with van der Waals surface area (Å²) in [7, 11) is 1.48. The molecule has 0 spiro atoms. The van der Waals surface area contributed by atoms with Gasteiger partial charge in [-0.25, -0.2) is 19.9 Å². The molecule has 200 valence electrons. The lowest BCUT2D eigenvalue weighted by Crippen LogP contribution is -2.26. The highest BCUT2D eigenvalue weighted by molar-refractivity contribution is 7.16. The Bertz CT molecular complexity index is 1570. The van der Waals surface area contributed by atoms with Gasteiger partial charge >= 0.3 is 6.18 Å². The van der Waals surface area contributed by atoms with E-state index < -0.39 is 23.8 Å². The highest BCUT2D eigenvalue weighted by atomic mass is 35.5. The van der Waals surface area contributed by atoms with Crippen LogP contribution in [0.3, 0.4) is 0 Å². The Labute approximate surface area is 227 Å². The van der Waals surface area contributed by atoms with E-state index in [4.69, 9.17) is 16.3 Å². The van der Waals surface area contributed by atoms with Crippen LogP contribution in [-0.4, -0.2) is 48.7 Å². The number of amides is 2. The number of alkyl halides is 3. The number of nitrogens with one attached hydrogen (secondary N) is 1. The summed E-state index contributed by atoms with van der Waals surface area (Å²) >= 11 is 7.28. The number of carbonyl (C=O) groups excluding carboxylic acids is 2. The van der Waals surface area contributed by atoms with Crippen molar-refractivity contribution in [2.45, 2.75) is 26.2 Å². The van der Waals surface area contributed by atoms with E-state index in [1.165, 1.54) is 35.7 Å². The largest absolute Gasteiger partial charge is 0.494 e. The first-order valence-corrected chi connectivity index (χ1v) is 12.4. The van der Waals surface area contributed by atoms with Gasteiger partial charge in [0.15, 0.2) is 5.13 Å². The molecule has 4 aromatic rings. The van der Waals surface area contributed by atoms with Gasteiger partial charge in [0.25, 0.3) is 11.8 Å². The van der Waals surface area contributed by atoms with E-state index in [-0.39, 0.29) is 29.4 Å². The van der Waals surface area contributed by atoms with Crippen LogP contribution in [-0.2, 0) is 19.3 Å². The number of nitrogens with zero attached hydrogens (tertiary/aromatic N) is 6.